The number of halogens is 2. The summed E-state index contributed by atoms with van der Waals surface area (Å²) in [6.45, 7) is 7.77. The third-order valence-corrected chi connectivity index (χ3v) is 4.27. The lowest BCUT2D eigenvalue weighted by Crippen LogP contribution is -2.40. The SMILES string of the molecule is CCNC(=NCC1(c2cccc(F)c2)CC1)NCCC(=O)NC(C)C.I. The predicted octanol–water partition coefficient (Wildman–Crippen LogP) is 2.95. The van der Waals surface area contributed by atoms with Gasteiger partial charge >= 0.3 is 0 Å². The highest BCUT2D eigenvalue weighted by molar-refractivity contribution is 14.0. The molecule has 1 aromatic rings. The van der Waals surface area contributed by atoms with E-state index in [1.165, 1.54) is 6.07 Å². The Labute approximate surface area is 172 Å². The second-order valence-electron chi connectivity index (χ2n) is 6.88. The van der Waals surface area contributed by atoms with Gasteiger partial charge in [-0.25, -0.2) is 4.39 Å². The van der Waals surface area contributed by atoms with Crippen LogP contribution >= 0.6 is 24.0 Å². The number of rotatable bonds is 8. The van der Waals surface area contributed by atoms with Crippen LogP contribution < -0.4 is 16.0 Å². The number of nitrogens with zero attached hydrogens (tertiary/aromatic N) is 1. The first-order chi connectivity index (χ1) is 11.9. The first-order valence-electron chi connectivity index (χ1n) is 9.03. The minimum atomic E-state index is -0.200. The zero-order valence-corrected chi connectivity index (χ0v) is 18.1. The molecule has 0 bridgehead atoms. The van der Waals surface area contributed by atoms with E-state index in [9.17, 15) is 9.18 Å². The van der Waals surface area contributed by atoms with Crippen molar-refractivity contribution in [3.63, 3.8) is 0 Å². The summed E-state index contributed by atoms with van der Waals surface area (Å²) in [4.78, 5) is 16.3. The van der Waals surface area contributed by atoms with E-state index in [1.807, 2.05) is 26.8 Å². The summed E-state index contributed by atoms with van der Waals surface area (Å²) >= 11 is 0. The van der Waals surface area contributed by atoms with Crippen molar-refractivity contribution in [3.8, 4) is 0 Å². The van der Waals surface area contributed by atoms with Gasteiger partial charge in [-0.3, -0.25) is 9.79 Å². The summed E-state index contributed by atoms with van der Waals surface area (Å²) in [6.07, 6.45) is 2.45. The molecular weight excluding hydrogens is 446 g/mol. The van der Waals surface area contributed by atoms with E-state index >= 15 is 0 Å². The molecule has 0 unspecified atom stereocenters. The smallest absolute Gasteiger partial charge is 0.221 e. The topological polar surface area (TPSA) is 65.5 Å². The van der Waals surface area contributed by atoms with Crippen LogP contribution in [0.3, 0.4) is 0 Å². The van der Waals surface area contributed by atoms with Gasteiger partial charge < -0.3 is 16.0 Å². The summed E-state index contributed by atoms with van der Waals surface area (Å²) in [5, 5.41) is 9.25. The summed E-state index contributed by atoms with van der Waals surface area (Å²) in [5.41, 5.74) is 0.975. The number of carbonyl (C=O) groups is 1. The molecule has 7 heteroatoms. The lowest BCUT2D eigenvalue weighted by molar-refractivity contribution is -0.121. The number of carbonyl (C=O) groups excluding carboxylic acids is 1. The minimum Gasteiger partial charge on any atom is -0.357 e. The van der Waals surface area contributed by atoms with E-state index in [1.54, 1.807) is 12.1 Å². The normalized spacial score (nSPS) is 15.2. The largest absolute Gasteiger partial charge is 0.357 e. The number of hydrogen-bond acceptors (Lipinski definition) is 2. The van der Waals surface area contributed by atoms with Crippen molar-refractivity contribution in [2.45, 2.75) is 51.5 Å². The van der Waals surface area contributed by atoms with Gasteiger partial charge in [0.2, 0.25) is 5.91 Å². The summed E-state index contributed by atoms with van der Waals surface area (Å²) in [6, 6.07) is 6.96. The Morgan fingerprint density at radius 2 is 2.04 bits per heavy atom. The Morgan fingerprint density at radius 1 is 1.31 bits per heavy atom. The van der Waals surface area contributed by atoms with Crippen LogP contribution in [0, 0.1) is 5.82 Å². The highest BCUT2D eigenvalue weighted by atomic mass is 127. The zero-order valence-electron chi connectivity index (χ0n) is 15.8. The van der Waals surface area contributed by atoms with Crippen molar-refractivity contribution in [2.75, 3.05) is 19.6 Å². The molecule has 0 aromatic heterocycles. The van der Waals surface area contributed by atoms with Crippen LogP contribution in [-0.4, -0.2) is 37.5 Å². The van der Waals surface area contributed by atoms with Crippen molar-refractivity contribution in [1.29, 1.82) is 0 Å². The van der Waals surface area contributed by atoms with Crippen molar-refractivity contribution < 1.29 is 9.18 Å². The van der Waals surface area contributed by atoms with E-state index < -0.39 is 0 Å². The number of hydrogen-bond donors (Lipinski definition) is 3. The molecule has 1 amide bonds. The Morgan fingerprint density at radius 3 is 2.62 bits per heavy atom. The summed E-state index contributed by atoms with van der Waals surface area (Å²) < 4.78 is 13.5. The maximum absolute atomic E-state index is 13.5. The Balaban J connectivity index is 0.00000338. The molecule has 1 fully saturated rings. The van der Waals surface area contributed by atoms with Gasteiger partial charge in [0.05, 0.1) is 6.54 Å². The Bertz CT molecular complexity index is 617. The maximum Gasteiger partial charge on any atom is 0.221 e. The van der Waals surface area contributed by atoms with Crippen LogP contribution in [0.2, 0.25) is 0 Å². The number of guanidine groups is 1. The molecular formula is C19H30FIN4O. The molecule has 1 aliphatic carbocycles. The van der Waals surface area contributed by atoms with Gasteiger partial charge in [0.1, 0.15) is 5.82 Å². The van der Waals surface area contributed by atoms with E-state index in [-0.39, 0.29) is 47.2 Å². The van der Waals surface area contributed by atoms with Crippen molar-refractivity contribution >= 4 is 35.8 Å². The molecule has 1 saturated carbocycles. The molecule has 146 valence electrons. The van der Waals surface area contributed by atoms with E-state index in [2.05, 4.69) is 20.9 Å². The van der Waals surface area contributed by atoms with E-state index in [0.717, 1.165) is 24.9 Å². The Hall–Kier alpha value is -1.38. The molecule has 0 radical (unpaired) electrons. The first-order valence-corrected chi connectivity index (χ1v) is 9.03. The fraction of sp³-hybridized carbons (Fsp3) is 0.579. The maximum atomic E-state index is 13.5. The molecule has 1 aliphatic rings. The molecule has 0 spiro atoms. The lowest BCUT2D eigenvalue weighted by atomic mass is 9.96. The molecule has 0 heterocycles. The standard InChI is InChI=1S/C19H29FN4O.HI/c1-4-21-18(22-11-8-17(25)24-14(2)3)23-13-19(9-10-19)15-6-5-7-16(20)12-15;/h5-7,12,14H,4,8-11,13H2,1-3H3,(H,24,25)(H2,21,22,23);1H. The van der Waals surface area contributed by atoms with Gasteiger partial charge in [-0.15, -0.1) is 24.0 Å². The van der Waals surface area contributed by atoms with Crippen molar-refractivity contribution in [2.24, 2.45) is 4.99 Å². The zero-order chi connectivity index (χ0) is 18.3. The summed E-state index contributed by atoms with van der Waals surface area (Å²) in [5.74, 6) is 0.522. The number of nitrogens with one attached hydrogen (secondary N) is 3. The van der Waals surface area contributed by atoms with Crippen molar-refractivity contribution in [1.82, 2.24) is 16.0 Å². The fourth-order valence-electron chi connectivity index (χ4n) is 2.77. The van der Waals surface area contributed by atoms with Gasteiger partial charge in [-0.05, 0) is 51.3 Å². The average Bonchev–Trinajstić information content (AvgIpc) is 3.33. The van der Waals surface area contributed by atoms with Crippen molar-refractivity contribution in [3.05, 3.63) is 35.6 Å². The monoisotopic (exact) mass is 476 g/mol. The molecule has 2 rings (SSSR count). The van der Waals surface area contributed by atoms with Gasteiger partial charge in [-0.1, -0.05) is 12.1 Å². The van der Waals surface area contributed by atoms with E-state index in [4.69, 9.17) is 0 Å². The molecule has 0 atom stereocenters. The van der Waals surface area contributed by atoms with Crippen LogP contribution in [0.5, 0.6) is 0 Å². The van der Waals surface area contributed by atoms with Crippen LogP contribution in [0.1, 0.15) is 45.6 Å². The van der Waals surface area contributed by atoms with Crippen LogP contribution in [0.4, 0.5) is 4.39 Å². The highest BCUT2D eigenvalue weighted by Crippen LogP contribution is 2.48. The second kappa shape index (κ2) is 10.7. The fourth-order valence-corrected chi connectivity index (χ4v) is 2.77. The second-order valence-corrected chi connectivity index (χ2v) is 6.88. The van der Waals surface area contributed by atoms with Gasteiger partial charge in [-0.2, -0.15) is 0 Å². The quantitative estimate of drug-likeness (QED) is 0.307. The van der Waals surface area contributed by atoms with Crippen LogP contribution in [0.25, 0.3) is 0 Å². The molecule has 5 nitrogen and oxygen atoms in total. The molecule has 0 aliphatic heterocycles. The number of aliphatic imine (C=N–C) groups is 1. The third-order valence-electron chi connectivity index (χ3n) is 4.27. The number of amides is 1. The molecule has 3 N–H and O–H groups in total. The first kappa shape index (κ1) is 22.7. The van der Waals surface area contributed by atoms with E-state index in [0.29, 0.717) is 25.5 Å². The molecule has 0 saturated heterocycles. The molecule has 1 aromatic carbocycles. The number of benzene rings is 1. The van der Waals surface area contributed by atoms with Gasteiger partial charge in [0.25, 0.3) is 0 Å². The third kappa shape index (κ3) is 7.09. The van der Waals surface area contributed by atoms with Crippen LogP contribution in [-0.2, 0) is 10.2 Å². The minimum absolute atomic E-state index is 0. The van der Waals surface area contributed by atoms with Gasteiger partial charge in [0, 0.05) is 31.0 Å². The van der Waals surface area contributed by atoms with Crippen LogP contribution in [0.15, 0.2) is 29.3 Å². The lowest BCUT2D eigenvalue weighted by Gasteiger charge is -2.16. The highest BCUT2D eigenvalue weighted by Gasteiger charge is 2.44. The Kier molecular flexibility index (Phi) is 9.32. The molecule has 26 heavy (non-hydrogen) atoms. The summed E-state index contributed by atoms with van der Waals surface area (Å²) in [7, 11) is 0. The average molecular weight is 476 g/mol. The van der Waals surface area contributed by atoms with Gasteiger partial charge in [0.15, 0.2) is 5.96 Å². The predicted molar refractivity (Wildman–Crippen MR) is 115 cm³/mol.